The summed E-state index contributed by atoms with van der Waals surface area (Å²) in [7, 11) is 0. The minimum absolute atomic E-state index is 0.242. The molecule has 0 aliphatic heterocycles. The average molecular weight is 266 g/mol. The Bertz CT molecular complexity index is 318. The molecule has 0 aliphatic carbocycles. The van der Waals surface area contributed by atoms with E-state index in [4.69, 9.17) is 4.74 Å². The lowest BCUT2D eigenvalue weighted by molar-refractivity contribution is -0.143. The van der Waals surface area contributed by atoms with E-state index in [0.717, 1.165) is 18.9 Å². The Morgan fingerprint density at radius 2 is 1.95 bits per heavy atom. The van der Waals surface area contributed by atoms with Gasteiger partial charge in [0, 0.05) is 5.57 Å². The van der Waals surface area contributed by atoms with Crippen molar-refractivity contribution in [2.24, 2.45) is 5.92 Å². The van der Waals surface area contributed by atoms with Crippen LogP contribution < -0.4 is 0 Å². The Morgan fingerprint density at radius 3 is 2.47 bits per heavy atom. The number of ketones is 1. The SMILES string of the molecule is C=CC(=O)COC(=O)C(=C)CCC(CC)CCCC. The molecule has 0 aromatic carbocycles. The second-order valence-electron chi connectivity index (χ2n) is 4.81. The summed E-state index contributed by atoms with van der Waals surface area (Å²) in [4.78, 5) is 22.5. The Morgan fingerprint density at radius 1 is 1.26 bits per heavy atom. The van der Waals surface area contributed by atoms with Crippen molar-refractivity contribution in [3.8, 4) is 0 Å². The summed E-state index contributed by atoms with van der Waals surface area (Å²) >= 11 is 0. The molecule has 1 unspecified atom stereocenters. The average Bonchev–Trinajstić information content (AvgIpc) is 2.44. The summed E-state index contributed by atoms with van der Waals surface area (Å²) in [5.41, 5.74) is 0.451. The van der Waals surface area contributed by atoms with Gasteiger partial charge in [0.1, 0.15) is 0 Å². The van der Waals surface area contributed by atoms with Gasteiger partial charge < -0.3 is 4.74 Å². The third-order valence-electron chi connectivity index (χ3n) is 3.26. The van der Waals surface area contributed by atoms with Gasteiger partial charge in [0.05, 0.1) is 0 Å². The van der Waals surface area contributed by atoms with Crippen molar-refractivity contribution in [2.75, 3.05) is 6.61 Å². The molecule has 0 fully saturated rings. The minimum atomic E-state index is -0.472. The van der Waals surface area contributed by atoms with Crippen LogP contribution in [0.3, 0.4) is 0 Å². The number of hydrogen-bond donors (Lipinski definition) is 0. The molecule has 0 aliphatic rings. The van der Waals surface area contributed by atoms with E-state index < -0.39 is 5.97 Å². The molecule has 0 aromatic rings. The highest BCUT2D eigenvalue weighted by atomic mass is 16.5. The lowest BCUT2D eigenvalue weighted by atomic mass is 9.92. The number of carbonyl (C=O) groups excluding carboxylic acids is 2. The number of unbranched alkanes of at least 4 members (excludes halogenated alkanes) is 1. The molecule has 3 heteroatoms. The lowest BCUT2D eigenvalue weighted by Gasteiger charge is -2.14. The van der Waals surface area contributed by atoms with Crippen molar-refractivity contribution >= 4 is 11.8 Å². The van der Waals surface area contributed by atoms with E-state index in [1.165, 1.54) is 19.3 Å². The lowest BCUT2D eigenvalue weighted by Crippen LogP contribution is -2.14. The summed E-state index contributed by atoms with van der Waals surface area (Å²) in [6.07, 6.45) is 7.49. The van der Waals surface area contributed by atoms with Gasteiger partial charge >= 0.3 is 5.97 Å². The van der Waals surface area contributed by atoms with Gasteiger partial charge in [-0.25, -0.2) is 4.79 Å². The first kappa shape index (κ1) is 17.6. The van der Waals surface area contributed by atoms with E-state index in [1.54, 1.807) is 0 Å². The first-order chi connectivity index (χ1) is 9.04. The van der Waals surface area contributed by atoms with Crippen LogP contribution in [0, 0.1) is 5.92 Å². The molecule has 1 atom stereocenters. The van der Waals surface area contributed by atoms with Crippen LogP contribution in [-0.4, -0.2) is 18.4 Å². The predicted molar refractivity (Wildman–Crippen MR) is 77.8 cm³/mol. The summed E-state index contributed by atoms with van der Waals surface area (Å²) in [5.74, 6) is -0.129. The molecule has 0 saturated heterocycles. The van der Waals surface area contributed by atoms with Gasteiger partial charge in [0.25, 0.3) is 0 Å². The predicted octanol–water partition coefficient (Wildman–Crippen LogP) is 3.84. The van der Waals surface area contributed by atoms with E-state index in [0.29, 0.717) is 17.9 Å². The zero-order valence-corrected chi connectivity index (χ0v) is 12.2. The first-order valence-electron chi connectivity index (χ1n) is 7.05. The van der Waals surface area contributed by atoms with Gasteiger partial charge in [-0.3, -0.25) is 4.79 Å². The van der Waals surface area contributed by atoms with Gasteiger partial charge in [-0.2, -0.15) is 0 Å². The van der Waals surface area contributed by atoms with Crippen LogP contribution >= 0.6 is 0 Å². The van der Waals surface area contributed by atoms with Crippen LogP contribution in [0.5, 0.6) is 0 Å². The van der Waals surface area contributed by atoms with E-state index in [-0.39, 0.29) is 12.4 Å². The number of ether oxygens (including phenoxy) is 1. The van der Waals surface area contributed by atoms with Crippen molar-refractivity contribution in [3.05, 3.63) is 24.8 Å². The van der Waals surface area contributed by atoms with Crippen LogP contribution in [0.1, 0.15) is 52.4 Å². The Balaban J connectivity index is 3.97. The largest absolute Gasteiger partial charge is 0.454 e. The van der Waals surface area contributed by atoms with Crippen molar-refractivity contribution in [3.63, 3.8) is 0 Å². The van der Waals surface area contributed by atoms with Crippen molar-refractivity contribution in [2.45, 2.75) is 52.4 Å². The molecule has 108 valence electrons. The van der Waals surface area contributed by atoms with E-state index >= 15 is 0 Å². The van der Waals surface area contributed by atoms with Gasteiger partial charge in [-0.1, -0.05) is 52.7 Å². The van der Waals surface area contributed by atoms with Gasteiger partial charge in [-0.05, 0) is 24.8 Å². The van der Waals surface area contributed by atoms with Crippen LogP contribution in [0.25, 0.3) is 0 Å². The molecule has 0 aromatic heterocycles. The monoisotopic (exact) mass is 266 g/mol. The number of esters is 1. The van der Waals surface area contributed by atoms with Crippen LogP contribution in [0.4, 0.5) is 0 Å². The molecule has 0 amide bonds. The zero-order chi connectivity index (χ0) is 14.7. The molecule has 0 spiro atoms. The highest BCUT2D eigenvalue weighted by Gasteiger charge is 2.13. The number of rotatable bonds is 11. The van der Waals surface area contributed by atoms with Crippen LogP contribution in [0.2, 0.25) is 0 Å². The van der Waals surface area contributed by atoms with Gasteiger partial charge in [0.15, 0.2) is 12.4 Å². The summed E-state index contributed by atoms with van der Waals surface area (Å²) in [6, 6.07) is 0. The Hall–Kier alpha value is -1.38. The normalized spacial score (nSPS) is 11.7. The fourth-order valence-electron chi connectivity index (χ4n) is 1.82. The molecule has 0 radical (unpaired) electrons. The maximum Gasteiger partial charge on any atom is 0.333 e. The Labute approximate surface area is 116 Å². The van der Waals surface area contributed by atoms with Crippen molar-refractivity contribution < 1.29 is 14.3 Å². The van der Waals surface area contributed by atoms with Crippen LogP contribution in [-0.2, 0) is 14.3 Å². The van der Waals surface area contributed by atoms with Crippen molar-refractivity contribution in [1.82, 2.24) is 0 Å². The number of hydrogen-bond acceptors (Lipinski definition) is 3. The summed E-state index contributed by atoms with van der Waals surface area (Å²) in [6.45, 7) is 11.2. The van der Waals surface area contributed by atoms with E-state index in [9.17, 15) is 9.59 Å². The molecule has 0 saturated carbocycles. The molecule has 3 nitrogen and oxygen atoms in total. The summed E-state index contributed by atoms with van der Waals surface area (Å²) < 4.78 is 4.84. The first-order valence-corrected chi connectivity index (χ1v) is 7.05. The number of carbonyl (C=O) groups is 2. The van der Waals surface area contributed by atoms with Gasteiger partial charge in [0.2, 0.25) is 0 Å². The second kappa shape index (κ2) is 10.5. The summed E-state index contributed by atoms with van der Waals surface area (Å²) in [5, 5.41) is 0. The quantitative estimate of drug-likeness (QED) is 0.421. The van der Waals surface area contributed by atoms with Gasteiger partial charge in [-0.15, -0.1) is 0 Å². The molecular formula is C16H26O3. The topological polar surface area (TPSA) is 43.4 Å². The molecule has 0 bridgehead atoms. The second-order valence-corrected chi connectivity index (χ2v) is 4.81. The van der Waals surface area contributed by atoms with Crippen molar-refractivity contribution in [1.29, 1.82) is 0 Å². The maximum atomic E-state index is 11.6. The highest BCUT2D eigenvalue weighted by Crippen LogP contribution is 2.20. The maximum absolute atomic E-state index is 11.6. The third-order valence-corrected chi connectivity index (χ3v) is 3.26. The molecular weight excluding hydrogens is 240 g/mol. The van der Waals surface area contributed by atoms with E-state index in [2.05, 4.69) is 27.0 Å². The minimum Gasteiger partial charge on any atom is -0.454 e. The fraction of sp³-hybridized carbons (Fsp3) is 0.625. The standard InChI is InChI=1S/C16H26O3/c1-5-8-9-14(6-2)11-10-13(4)16(18)19-12-15(17)7-3/h7,14H,3-6,8-12H2,1-2H3. The molecule has 19 heavy (non-hydrogen) atoms. The van der Waals surface area contributed by atoms with E-state index in [1.807, 2.05) is 0 Å². The molecule has 0 N–H and O–H groups in total. The third kappa shape index (κ3) is 8.36. The smallest absolute Gasteiger partial charge is 0.333 e. The molecule has 0 heterocycles. The Kier molecular flexibility index (Phi) is 9.77. The fourth-order valence-corrected chi connectivity index (χ4v) is 1.82. The molecule has 0 rings (SSSR count). The van der Waals surface area contributed by atoms with Crippen LogP contribution in [0.15, 0.2) is 24.8 Å². The highest BCUT2D eigenvalue weighted by molar-refractivity contribution is 5.94. The zero-order valence-electron chi connectivity index (χ0n) is 12.2.